The van der Waals surface area contributed by atoms with E-state index in [1.165, 1.54) is 18.4 Å². The fourth-order valence-corrected chi connectivity index (χ4v) is 2.98. The van der Waals surface area contributed by atoms with Crippen LogP contribution in [0.15, 0.2) is 39.3 Å². The van der Waals surface area contributed by atoms with E-state index in [-0.39, 0.29) is 0 Å². The molecule has 0 unspecified atom stereocenters. The minimum absolute atomic E-state index is 0.749. The van der Waals surface area contributed by atoms with Crippen LogP contribution in [0.25, 0.3) is 0 Å². The molecule has 0 spiro atoms. The van der Waals surface area contributed by atoms with Gasteiger partial charge < -0.3 is 5.32 Å². The minimum atomic E-state index is 0.749. The van der Waals surface area contributed by atoms with Crippen LogP contribution in [0, 0.1) is 0 Å². The number of nitrogens with zero attached hydrogens (tertiary/aromatic N) is 2. The molecule has 1 aliphatic carbocycles. The smallest absolute Gasteiger partial charge is 0.156 e. The maximum atomic E-state index is 4.44. The summed E-state index contributed by atoms with van der Waals surface area (Å²) in [7, 11) is 0. The second-order valence-electron chi connectivity index (χ2n) is 4.06. The Hall–Kier alpha value is -0.910. The summed E-state index contributed by atoms with van der Waals surface area (Å²) in [6, 6.07) is 4.95. The summed E-state index contributed by atoms with van der Waals surface area (Å²) in [5.41, 5.74) is 1.25. The maximum Gasteiger partial charge on any atom is 0.156 e. The zero-order chi connectivity index (χ0) is 11.5. The van der Waals surface area contributed by atoms with Crippen LogP contribution in [0.3, 0.4) is 0 Å². The van der Waals surface area contributed by atoms with E-state index >= 15 is 0 Å². The zero-order valence-corrected chi connectivity index (χ0v) is 10.9. The molecule has 1 saturated carbocycles. The molecule has 3 rings (SSSR count). The number of aromatic nitrogens is 2. The van der Waals surface area contributed by atoms with Gasteiger partial charge in [-0.15, -0.1) is 11.3 Å². The fraction of sp³-hybridized carbons (Fsp3) is 0.333. The van der Waals surface area contributed by atoms with Gasteiger partial charge in [0.2, 0.25) is 0 Å². The van der Waals surface area contributed by atoms with Gasteiger partial charge >= 0.3 is 0 Å². The lowest BCUT2D eigenvalue weighted by atomic mass is 10.3. The van der Waals surface area contributed by atoms with E-state index in [9.17, 15) is 0 Å². The molecule has 0 bridgehead atoms. The average molecular weight is 263 g/mol. The molecular weight excluding hydrogens is 250 g/mol. The first-order valence-corrected chi connectivity index (χ1v) is 7.35. The largest absolute Gasteiger partial charge is 0.310 e. The van der Waals surface area contributed by atoms with Crippen LogP contribution in [0.4, 0.5) is 0 Å². The Morgan fingerprint density at radius 3 is 2.94 bits per heavy atom. The molecule has 2 aromatic rings. The van der Waals surface area contributed by atoms with Crippen LogP contribution in [0.5, 0.6) is 0 Å². The molecular formula is C12H13N3S2. The molecule has 2 aromatic heterocycles. The van der Waals surface area contributed by atoms with Crippen molar-refractivity contribution in [3.05, 3.63) is 35.5 Å². The summed E-state index contributed by atoms with van der Waals surface area (Å²) in [4.78, 5) is 8.67. The first-order valence-electron chi connectivity index (χ1n) is 5.66. The lowest BCUT2D eigenvalue weighted by Gasteiger charge is -2.03. The molecule has 0 aromatic carbocycles. The van der Waals surface area contributed by atoms with E-state index < -0.39 is 0 Å². The van der Waals surface area contributed by atoms with Crippen LogP contribution < -0.4 is 5.32 Å². The van der Waals surface area contributed by atoms with Crippen LogP contribution >= 0.6 is 23.1 Å². The van der Waals surface area contributed by atoms with Crippen LogP contribution in [-0.2, 0) is 6.54 Å². The number of pyridine rings is 1. The Bertz CT molecular complexity index is 463. The monoisotopic (exact) mass is 263 g/mol. The van der Waals surface area contributed by atoms with Gasteiger partial charge in [0.25, 0.3) is 0 Å². The standard InChI is InChI=1S/C12H13N3S2/c1-4-11(17-12-13-5-6-16-12)15-8-9(1)7-14-10-2-3-10/h1,4-6,8,10,14H,2-3,7H2. The summed E-state index contributed by atoms with van der Waals surface area (Å²) in [6.45, 7) is 0.930. The Balaban J connectivity index is 1.58. The molecule has 17 heavy (non-hydrogen) atoms. The van der Waals surface area contributed by atoms with Crippen molar-refractivity contribution in [1.29, 1.82) is 0 Å². The summed E-state index contributed by atoms with van der Waals surface area (Å²) in [5, 5.41) is 6.47. The van der Waals surface area contributed by atoms with E-state index in [4.69, 9.17) is 0 Å². The first-order chi connectivity index (χ1) is 8.40. The third-order valence-electron chi connectivity index (χ3n) is 2.57. The average Bonchev–Trinajstić information content (AvgIpc) is 3.05. The van der Waals surface area contributed by atoms with Gasteiger partial charge in [-0.25, -0.2) is 9.97 Å². The molecule has 0 aliphatic heterocycles. The lowest BCUT2D eigenvalue weighted by molar-refractivity contribution is 0.685. The molecule has 1 fully saturated rings. The minimum Gasteiger partial charge on any atom is -0.310 e. The van der Waals surface area contributed by atoms with E-state index in [0.717, 1.165) is 22.0 Å². The highest BCUT2D eigenvalue weighted by Gasteiger charge is 2.19. The Morgan fingerprint density at radius 2 is 2.29 bits per heavy atom. The molecule has 1 N–H and O–H groups in total. The maximum absolute atomic E-state index is 4.44. The van der Waals surface area contributed by atoms with E-state index in [0.29, 0.717) is 0 Å². The molecule has 1 aliphatic rings. The van der Waals surface area contributed by atoms with Gasteiger partial charge in [0, 0.05) is 30.4 Å². The second-order valence-corrected chi connectivity index (χ2v) is 6.22. The number of hydrogen-bond donors (Lipinski definition) is 1. The Kier molecular flexibility index (Phi) is 3.40. The van der Waals surface area contributed by atoms with E-state index in [2.05, 4.69) is 27.4 Å². The summed E-state index contributed by atoms with van der Waals surface area (Å²) in [5.74, 6) is 0. The number of rotatable bonds is 5. The van der Waals surface area contributed by atoms with Crippen LogP contribution in [0.2, 0.25) is 0 Å². The van der Waals surface area contributed by atoms with Gasteiger partial charge in [0.1, 0.15) is 5.03 Å². The second kappa shape index (κ2) is 5.16. The lowest BCUT2D eigenvalue weighted by Crippen LogP contribution is -2.15. The van der Waals surface area contributed by atoms with Crippen molar-refractivity contribution < 1.29 is 0 Å². The first kappa shape index (κ1) is 11.2. The molecule has 0 atom stereocenters. The predicted octanol–water partition coefficient (Wildman–Crippen LogP) is 2.94. The molecule has 0 saturated heterocycles. The molecule has 0 amide bonds. The molecule has 3 nitrogen and oxygen atoms in total. The summed E-state index contributed by atoms with van der Waals surface area (Å²) >= 11 is 3.26. The van der Waals surface area contributed by atoms with Gasteiger partial charge in [0.15, 0.2) is 4.34 Å². The third-order valence-corrected chi connectivity index (χ3v) is 4.41. The highest BCUT2D eigenvalue weighted by molar-refractivity contribution is 8.00. The quantitative estimate of drug-likeness (QED) is 0.900. The summed E-state index contributed by atoms with van der Waals surface area (Å²) in [6.07, 6.45) is 6.42. The van der Waals surface area contributed by atoms with Crippen molar-refractivity contribution in [1.82, 2.24) is 15.3 Å². The van der Waals surface area contributed by atoms with Crippen molar-refractivity contribution in [3.8, 4) is 0 Å². The van der Waals surface area contributed by atoms with Gasteiger partial charge in [-0.3, -0.25) is 0 Å². The molecule has 88 valence electrons. The number of hydrogen-bond acceptors (Lipinski definition) is 5. The molecule has 5 heteroatoms. The van der Waals surface area contributed by atoms with Gasteiger partial charge in [-0.2, -0.15) is 0 Å². The normalized spacial score (nSPS) is 15.1. The van der Waals surface area contributed by atoms with Crippen molar-refractivity contribution >= 4 is 23.1 Å². The fourth-order valence-electron chi connectivity index (χ4n) is 1.48. The number of nitrogens with one attached hydrogen (secondary N) is 1. The predicted molar refractivity (Wildman–Crippen MR) is 70.3 cm³/mol. The van der Waals surface area contributed by atoms with Crippen LogP contribution in [0.1, 0.15) is 18.4 Å². The van der Waals surface area contributed by atoms with Gasteiger partial charge in [-0.1, -0.05) is 6.07 Å². The highest BCUT2D eigenvalue weighted by atomic mass is 32.2. The Labute approximate surface area is 109 Å². The van der Waals surface area contributed by atoms with Crippen molar-refractivity contribution in [2.75, 3.05) is 0 Å². The number of thiazole rings is 1. The zero-order valence-electron chi connectivity index (χ0n) is 9.30. The summed E-state index contributed by atoms with van der Waals surface area (Å²) < 4.78 is 1.04. The van der Waals surface area contributed by atoms with E-state index in [1.807, 2.05) is 17.8 Å². The Morgan fingerprint density at radius 1 is 1.35 bits per heavy atom. The topological polar surface area (TPSA) is 37.8 Å². The molecule has 0 radical (unpaired) electrons. The van der Waals surface area contributed by atoms with Crippen molar-refractivity contribution in [2.45, 2.75) is 34.8 Å². The van der Waals surface area contributed by atoms with Gasteiger partial charge in [0.05, 0.1) is 0 Å². The van der Waals surface area contributed by atoms with Gasteiger partial charge in [-0.05, 0) is 36.2 Å². The molecule has 2 heterocycles. The SMILES string of the molecule is c1csc(Sc2ccc(CNC3CC3)cn2)n1. The van der Waals surface area contributed by atoms with E-state index in [1.54, 1.807) is 23.1 Å². The highest BCUT2D eigenvalue weighted by Crippen LogP contribution is 2.27. The van der Waals surface area contributed by atoms with Crippen molar-refractivity contribution in [2.24, 2.45) is 0 Å². The van der Waals surface area contributed by atoms with Crippen LogP contribution in [-0.4, -0.2) is 16.0 Å². The van der Waals surface area contributed by atoms with Crippen molar-refractivity contribution in [3.63, 3.8) is 0 Å². The third kappa shape index (κ3) is 3.28.